The first-order valence-electron chi connectivity index (χ1n) is 9.45. The number of methoxy groups -OCH3 is 1. The molecule has 1 heterocycles. The van der Waals surface area contributed by atoms with Crippen LogP contribution >= 0.6 is 11.6 Å². The summed E-state index contributed by atoms with van der Waals surface area (Å²) >= 11 is 6.40. The molecule has 0 radical (unpaired) electrons. The summed E-state index contributed by atoms with van der Waals surface area (Å²) in [4.78, 5) is 13.0. The molecule has 1 aliphatic carbocycles. The lowest BCUT2D eigenvalue weighted by atomic mass is 9.76. The lowest BCUT2D eigenvalue weighted by Gasteiger charge is -2.35. The van der Waals surface area contributed by atoms with Crippen LogP contribution in [-0.4, -0.2) is 34.8 Å². The van der Waals surface area contributed by atoms with E-state index >= 15 is 0 Å². The van der Waals surface area contributed by atoms with E-state index < -0.39 is 5.60 Å². The first kappa shape index (κ1) is 19.4. The Balaban J connectivity index is 1.81. The van der Waals surface area contributed by atoms with Gasteiger partial charge < -0.3 is 14.4 Å². The quantitative estimate of drug-likeness (QED) is 0.702. The molecule has 2 aromatic rings. The number of ketones is 1. The van der Waals surface area contributed by atoms with Crippen molar-refractivity contribution in [2.24, 2.45) is 5.92 Å². The summed E-state index contributed by atoms with van der Waals surface area (Å²) in [5, 5.41) is 12.2. The van der Waals surface area contributed by atoms with Gasteiger partial charge in [0.2, 0.25) is 0 Å². The van der Waals surface area contributed by atoms with Crippen molar-refractivity contribution in [3.8, 4) is 0 Å². The molecule has 0 amide bonds. The van der Waals surface area contributed by atoms with E-state index in [1.165, 1.54) is 6.42 Å². The highest BCUT2D eigenvalue weighted by molar-refractivity contribution is 6.37. The first-order valence-corrected chi connectivity index (χ1v) is 9.83. The number of halogens is 1. The molecule has 0 aliphatic heterocycles. The van der Waals surface area contributed by atoms with Crippen LogP contribution in [0, 0.1) is 5.92 Å². The molecular weight excluding hydrogens is 350 g/mol. The molecule has 4 nitrogen and oxygen atoms in total. The molecule has 0 spiro atoms. The van der Waals surface area contributed by atoms with Crippen LogP contribution in [0.1, 0.15) is 55.8 Å². The van der Waals surface area contributed by atoms with Crippen LogP contribution in [0.15, 0.2) is 24.4 Å². The molecule has 1 fully saturated rings. The zero-order valence-electron chi connectivity index (χ0n) is 15.6. The Morgan fingerprint density at radius 1 is 1.46 bits per heavy atom. The van der Waals surface area contributed by atoms with E-state index in [1.807, 2.05) is 29.0 Å². The highest BCUT2D eigenvalue weighted by Crippen LogP contribution is 2.36. The minimum Gasteiger partial charge on any atom is -0.390 e. The number of hydrogen-bond acceptors (Lipinski definition) is 3. The zero-order valence-corrected chi connectivity index (χ0v) is 16.4. The number of ether oxygens (including phenoxy) is 1. The molecule has 5 heteroatoms. The minimum atomic E-state index is -0.703. The Bertz CT molecular complexity index is 785. The van der Waals surface area contributed by atoms with E-state index in [-0.39, 0.29) is 5.78 Å². The summed E-state index contributed by atoms with van der Waals surface area (Å²) in [6, 6.07) is 5.69. The molecule has 1 aromatic heterocycles. The minimum absolute atomic E-state index is 0.0471. The predicted octanol–water partition coefficient (Wildman–Crippen LogP) is 4.85. The Labute approximate surface area is 160 Å². The molecule has 26 heavy (non-hydrogen) atoms. The molecule has 0 saturated heterocycles. The third-order valence-corrected chi connectivity index (χ3v) is 5.89. The van der Waals surface area contributed by atoms with Crippen LogP contribution in [0.4, 0.5) is 0 Å². The van der Waals surface area contributed by atoms with Crippen LogP contribution in [0.5, 0.6) is 0 Å². The Morgan fingerprint density at radius 2 is 2.27 bits per heavy atom. The summed E-state index contributed by atoms with van der Waals surface area (Å²) in [7, 11) is 1.66. The lowest BCUT2D eigenvalue weighted by molar-refractivity contribution is -0.0204. The van der Waals surface area contributed by atoms with Gasteiger partial charge in [0.05, 0.1) is 22.7 Å². The van der Waals surface area contributed by atoms with Gasteiger partial charge in [-0.1, -0.05) is 37.4 Å². The summed E-state index contributed by atoms with van der Waals surface area (Å²) in [6.45, 7) is 3.42. The number of aromatic nitrogens is 1. The number of hydrogen-bond donors (Lipinski definition) is 1. The molecule has 0 bridgehead atoms. The fourth-order valence-electron chi connectivity index (χ4n) is 4.23. The molecule has 1 aliphatic rings. The van der Waals surface area contributed by atoms with Crippen molar-refractivity contribution in [2.75, 3.05) is 13.7 Å². The van der Waals surface area contributed by atoms with Gasteiger partial charge in [-0.05, 0) is 37.3 Å². The molecular formula is C21H28ClNO3. The summed E-state index contributed by atoms with van der Waals surface area (Å²) < 4.78 is 7.20. The summed E-state index contributed by atoms with van der Waals surface area (Å²) in [6.07, 6.45) is 6.53. The second kappa shape index (κ2) is 8.12. The van der Waals surface area contributed by atoms with Gasteiger partial charge in [0.1, 0.15) is 0 Å². The summed E-state index contributed by atoms with van der Waals surface area (Å²) in [5.41, 5.74) is 0.892. The van der Waals surface area contributed by atoms with Crippen molar-refractivity contribution < 1.29 is 14.6 Å². The van der Waals surface area contributed by atoms with Gasteiger partial charge in [-0.15, -0.1) is 0 Å². The first-order chi connectivity index (χ1) is 12.4. The molecule has 2 atom stereocenters. The van der Waals surface area contributed by atoms with E-state index in [0.717, 1.165) is 30.2 Å². The second-order valence-electron chi connectivity index (χ2n) is 7.71. The number of aliphatic hydroxyl groups is 1. The van der Waals surface area contributed by atoms with Gasteiger partial charge in [0.15, 0.2) is 5.78 Å². The van der Waals surface area contributed by atoms with Crippen molar-refractivity contribution in [3.63, 3.8) is 0 Å². The normalized spacial score (nSPS) is 23.5. The van der Waals surface area contributed by atoms with E-state index in [9.17, 15) is 9.90 Å². The van der Waals surface area contributed by atoms with E-state index in [0.29, 0.717) is 42.5 Å². The molecule has 1 saturated carbocycles. The number of rotatable bonds is 7. The van der Waals surface area contributed by atoms with Crippen molar-refractivity contribution >= 4 is 28.3 Å². The standard InChI is InChI=1S/C21H28ClNO3/c1-15-5-4-9-21(25,13-15)10-8-19(24)16-14-23(11-12-26-2)18-7-3-6-17(22)20(16)18/h3,6-7,14-15,25H,4-5,8-13H2,1-2H3/t15-,21+/m1/s1. The van der Waals surface area contributed by atoms with Crippen molar-refractivity contribution in [1.29, 1.82) is 0 Å². The smallest absolute Gasteiger partial charge is 0.165 e. The van der Waals surface area contributed by atoms with Crippen molar-refractivity contribution in [3.05, 3.63) is 35.0 Å². The maximum absolute atomic E-state index is 13.0. The number of Topliss-reactive ketones (excluding diaryl/α,β-unsaturated/α-hetero) is 1. The van der Waals surface area contributed by atoms with Gasteiger partial charge in [0.25, 0.3) is 0 Å². The lowest BCUT2D eigenvalue weighted by Crippen LogP contribution is -2.35. The fourth-order valence-corrected chi connectivity index (χ4v) is 4.51. The highest BCUT2D eigenvalue weighted by atomic mass is 35.5. The second-order valence-corrected chi connectivity index (χ2v) is 8.12. The van der Waals surface area contributed by atoms with Crippen LogP contribution < -0.4 is 0 Å². The van der Waals surface area contributed by atoms with Gasteiger partial charge in [-0.3, -0.25) is 4.79 Å². The number of nitrogens with zero attached hydrogens (tertiary/aromatic N) is 1. The van der Waals surface area contributed by atoms with Crippen LogP contribution in [0.25, 0.3) is 10.9 Å². The summed E-state index contributed by atoms with van der Waals surface area (Å²) in [5.74, 6) is 0.570. The Morgan fingerprint density at radius 3 is 3.00 bits per heavy atom. The third-order valence-electron chi connectivity index (χ3n) is 5.58. The maximum atomic E-state index is 13.0. The maximum Gasteiger partial charge on any atom is 0.165 e. The third kappa shape index (κ3) is 4.13. The monoisotopic (exact) mass is 377 g/mol. The average molecular weight is 378 g/mol. The average Bonchev–Trinajstić information content (AvgIpc) is 2.98. The fraction of sp³-hybridized carbons (Fsp3) is 0.571. The SMILES string of the molecule is COCCn1cc(C(=O)CC[C@@]2(O)CCC[C@@H](C)C2)c2c(Cl)cccc21. The van der Waals surface area contributed by atoms with Crippen molar-refractivity contribution in [2.45, 2.75) is 57.6 Å². The number of carbonyl (C=O) groups is 1. The predicted molar refractivity (Wildman–Crippen MR) is 105 cm³/mol. The Hall–Kier alpha value is -1.36. The zero-order chi connectivity index (χ0) is 18.7. The molecule has 1 aromatic carbocycles. The number of benzene rings is 1. The molecule has 0 unspecified atom stereocenters. The Kier molecular flexibility index (Phi) is 6.06. The van der Waals surface area contributed by atoms with Crippen LogP contribution in [0.3, 0.4) is 0 Å². The topological polar surface area (TPSA) is 51.5 Å². The van der Waals surface area contributed by atoms with Gasteiger partial charge >= 0.3 is 0 Å². The van der Waals surface area contributed by atoms with Gasteiger partial charge in [-0.25, -0.2) is 0 Å². The van der Waals surface area contributed by atoms with Crippen LogP contribution in [0.2, 0.25) is 5.02 Å². The number of carbonyl (C=O) groups excluding carboxylic acids is 1. The van der Waals surface area contributed by atoms with Gasteiger partial charge in [0, 0.05) is 37.2 Å². The molecule has 142 valence electrons. The largest absolute Gasteiger partial charge is 0.390 e. The van der Waals surface area contributed by atoms with Crippen molar-refractivity contribution in [1.82, 2.24) is 4.57 Å². The van der Waals surface area contributed by atoms with E-state index in [4.69, 9.17) is 16.3 Å². The molecule has 3 rings (SSSR count). The van der Waals surface area contributed by atoms with Crippen LogP contribution in [-0.2, 0) is 11.3 Å². The van der Waals surface area contributed by atoms with Gasteiger partial charge in [-0.2, -0.15) is 0 Å². The molecule has 1 N–H and O–H groups in total. The highest BCUT2D eigenvalue weighted by Gasteiger charge is 2.33. The number of fused-ring (bicyclic) bond motifs is 1. The van der Waals surface area contributed by atoms with E-state index in [1.54, 1.807) is 7.11 Å². The van der Waals surface area contributed by atoms with E-state index in [2.05, 4.69) is 6.92 Å².